The molecule has 2 aromatic rings. The second kappa shape index (κ2) is 6.57. The number of pyridine rings is 1. The summed E-state index contributed by atoms with van der Waals surface area (Å²) in [6.45, 7) is 4.64. The van der Waals surface area contributed by atoms with Gasteiger partial charge in [-0.3, -0.25) is 4.79 Å². The van der Waals surface area contributed by atoms with E-state index in [1.807, 2.05) is 5.38 Å². The van der Waals surface area contributed by atoms with E-state index in [2.05, 4.69) is 24.9 Å². The van der Waals surface area contributed by atoms with E-state index in [-0.39, 0.29) is 38.3 Å². The molecule has 0 atom stereocenters. The van der Waals surface area contributed by atoms with E-state index >= 15 is 0 Å². The van der Waals surface area contributed by atoms with Gasteiger partial charge in [-0.15, -0.1) is 17.4 Å². The second-order valence-electron chi connectivity index (χ2n) is 3.92. The fraction of sp³-hybridized carbons (Fsp3) is 0.333. The molecule has 0 aliphatic heterocycles. The smallest absolute Gasteiger partial charge is 0.168 e. The van der Waals surface area contributed by atoms with Crippen molar-refractivity contribution in [1.29, 1.82) is 0 Å². The molecule has 1 radical (unpaired) electrons. The predicted molar refractivity (Wildman–Crippen MR) is 64.8 cm³/mol. The molecule has 0 aromatic carbocycles. The Morgan fingerprint density at radius 1 is 1.53 bits per heavy atom. The summed E-state index contributed by atoms with van der Waals surface area (Å²) >= 11 is 1.55. The van der Waals surface area contributed by atoms with Gasteiger partial charge >= 0.3 is 0 Å². The van der Waals surface area contributed by atoms with Crippen LogP contribution < -0.4 is 5.56 Å². The Hall–Kier alpha value is -0.316. The summed E-state index contributed by atoms with van der Waals surface area (Å²) in [5.74, 6) is 0.335. The van der Waals surface area contributed by atoms with Gasteiger partial charge in [0.2, 0.25) is 0 Å². The number of hydrogen-bond donors (Lipinski definition) is 0. The molecule has 2 aromatic heterocycles. The third-order valence-electron chi connectivity index (χ3n) is 2.36. The van der Waals surface area contributed by atoms with Gasteiger partial charge in [-0.1, -0.05) is 26.0 Å². The van der Waals surface area contributed by atoms with Crippen molar-refractivity contribution in [3.05, 3.63) is 50.8 Å². The Balaban J connectivity index is 0.00000144. The SMILES string of the molecule is CC(C)c1[c-]cn(Cc2nccs2)c(=O)c1.[Y]. The third-order valence-corrected chi connectivity index (χ3v) is 3.12. The van der Waals surface area contributed by atoms with Crippen LogP contribution in [-0.4, -0.2) is 9.55 Å². The first kappa shape index (κ1) is 14.7. The average Bonchev–Trinajstić information content (AvgIpc) is 2.73. The van der Waals surface area contributed by atoms with E-state index in [0.29, 0.717) is 12.5 Å². The van der Waals surface area contributed by atoms with Crippen molar-refractivity contribution in [2.45, 2.75) is 26.3 Å². The van der Waals surface area contributed by atoms with Gasteiger partial charge in [-0.05, 0) is 0 Å². The third kappa shape index (κ3) is 3.83. The topological polar surface area (TPSA) is 34.9 Å². The molecule has 2 rings (SSSR count). The summed E-state index contributed by atoms with van der Waals surface area (Å²) in [5.41, 5.74) is 0.970. The van der Waals surface area contributed by atoms with E-state index in [1.165, 1.54) is 0 Å². The van der Waals surface area contributed by atoms with Crippen LogP contribution in [0.2, 0.25) is 0 Å². The minimum Gasteiger partial charge on any atom is -0.342 e. The summed E-state index contributed by atoms with van der Waals surface area (Å²) in [4.78, 5) is 15.9. The monoisotopic (exact) mass is 322 g/mol. The van der Waals surface area contributed by atoms with Crippen LogP contribution in [0.15, 0.2) is 28.6 Å². The standard InChI is InChI=1S/C12H13N2OS.Y/c1-9(2)10-3-5-14(12(15)7-10)8-11-13-4-6-16-11;/h4-7,9H,8H2,1-2H3;/q-1;. The Morgan fingerprint density at radius 2 is 2.29 bits per heavy atom. The van der Waals surface area contributed by atoms with Crippen LogP contribution in [0.25, 0.3) is 0 Å². The molecule has 0 N–H and O–H groups in total. The van der Waals surface area contributed by atoms with Gasteiger partial charge in [0.15, 0.2) is 5.56 Å². The van der Waals surface area contributed by atoms with E-state index in [1.54, 1.807) is 34.4 Å². The van der Waals surface area contributed by atoms with Crippen molar-refractivity contribution in [2.24, 2.45) is 0 Å². The van der Waals surface area contributed by atoms with Crippen LogP contribution in [0.1, 0.15) is 30.3 Å². The van der Waals surface area contributed by atoms with Gasteiger partial charge in [0.05, 0.1) is 6.54 Å². The molecule has 0 saturated heterocycles. The number of aromatic nitrogens is 2. The van der Waals surface area contributed by atoms with E-state index in [9.17, 15) is 4.79 Å². The van der Waals surface area contributed by atoms with Crippen molar-refractivity contribution < 1.29 is 32.7 Å². The van der Waals surface area contributed by atoms with Gasteiger partial charge in [-0.25, -0.2) is 16.6 Å². The number of rotatable bonds is 3. The largest absolute Gasteiger partial charge is 0.342 e. The molecule has 87 valence electrons. The molecule has 0 aliphatic carbocycles. The molecule has 0 aliphatic rings. The molecule has 5 heteroatoms. The Kier molecular flexibility index (Phi) is 5.70. The molecule has 0 bridgehead atoms. The molecule has 0 spiro atoms. The fourth-order valence-corrected chi connectivity index (χ4v) is 2.02. The van der Waals surface area contributed by atoms with Gasteiger partial charge in [0.25, 0.3) is 0 Å². The first-order valence-corrected chi connectivity index (χ1v) is 6.05. The van der Waals surface area contributed by atoms with E-state index in [0.717, 1.165) is 10.6 Å². The van der Waals surface area contributed by atoms with Crippen LogP contribution >= 0.6 is 11.3 Å². The van der Waals surface area contributed by atoms with E-state index in [4.69, 9.17) is 0 Å². The van der Waals surface area contributed by atoms with E-state index < -0.39 is 0 Å². The second-order valence-corrected chi connectivity index (χ2v) is 4.90. The molecule has 0 unspecified atom stereocenters. The van der Waals surface area contributed by atoms with Crippen molar-refractivity contribution in [2.75, 3.05) is 0 Å². The zero-order valence-corrected chi connectivity index (χ0v) is 13.5. The van der Waals surface area contributed by atoms with Crippen LogP contribution in [0.4, 0.5) is 0 Å². The minimum atomic E-state index is 0. The van der Waals surface area contributed by atoms with Gasteiger partial charge in [0, 0.05) is 44.3 Å². The molecule has 3 nitrogen and oxygen atoms in total. The maximum Gasteiger partial charge on any atom is 0.168 e. The maximum atomic E-state index is 11.8. The fourth-order valence-electron chi connectivity index (χ4n) is 1.41. The molecule has 0 saturated carbocycles. The summed E-state index contributed by atoms with van der Waals surface area (Å²) in [5, 5.41) is 2.85. The predicted octanol–water partition coefficient (Wildman–Crippen LogP) is 2.27. The Morgan fingerprint density at radius 3 is 2.82 bits per heavy atom. The first-order valence-electron chi connectivity index (χ1n) is 5.17. The summed E-state index contributed by atoms with van der Waals surface area (Å²) in [6.07, 6.45) is 3.47. The number of hydrogen-bond acceptors (Lipinski definition) is 3. The minimum absolute atomic E-state index is 0. The van der Waals surface area contributed by atoms with Gasteiger partial charge in [-0.2, -0.15) is 0 Å². The van der Waals surface area contributed by atoms with Crippen LogP contribution in [0.5, 0.6) is 0 Å². The van der Waals surface area contributed by atoms with Crippen LogP contribution in [-0.2, 0) is 39.3 Å². The van der Waals surface area contributed by atoms with Crippen molar-refractivity contribution in [3.8, 4) is 0 Å². The Labute approximate surface area is 130 Å². The zero-order valence-electron chi connectivity index (χ0n) is 9.88. The van der Waals surface area contributed by atoms with Crippen LogP contribution in [0.3, 0.4) is 0 Å². The normalized spacial score (nSPS) is 10.3. The van der Waals surface area contributed by atoms with Gasteiger partial charge in [0.1, 0.15) is 5.01 Å². The molecule has 17 heavy (non-hydrogen) atoms. The quantitative estimate of drug-likeness (QED) is 0.813. The molecular weight excluding hydrogens is 309 g/mol. The van der Waals surface area contributed by atoms with Crippen molar-refractivity contribution >= 4 is 11.3 Å². The molecule has 2 heterocycles. The molecule has 0 fully saturated rings. The maximum absolute atomic E-state index is 11.8. The summed E-state index contributed by atoms with van der Waals surface area (Å²) in [6, 6.07) is 4.78. The summed E-state index contributed by atoms with van der Waals surface area (Å²) in [7, 11) is 0. The van der Waals surface area contributed by atoms with Crippen molar-refractivity contribution in [3.63, 3.8) is 0 Å². The number of nitrogens with zero attached hydrogens (tertiary/aromatic N) is 2. The zero-order chi connectivity index (χ0) is 11.5. The Bertz CT molecular complexity index is 520. The first-order chi connectivity index (χ1) is 7.66. The molecule has 0 amide bonds. The molecular formula is C12H13N2OSY-. The number of thiazole rings is 1. The van der Waals surface area contributed by atoms with Gasteiger partial charge < -0.3 is 4.57 Å². The van der Waals surface area contributed by atoms with Crippen LogP contribution in [0, 0.1) is 6.07 Å². The average molecular weight is 322 g/mol. The van der Waals surface area contributed by atoms with Crippen molar-refractivity contribution in [1.82, 2.24) is 9.55 Å². The summed E-state index contributed by atoms with van der Waals surface area (Å²) < 4.78 is 1.63.